The smallest absolute Gasteiger partial charge is 0.270 e. The van der Waals surface area contributed by atoms with Crippen molar-refractivity contribution < 1.29 is 5.11 Å². The number of hydrazone groups is 1. The average Bonchev–Trinajstić information content (AvgIpc) is 2.65. The topological polar surface area (TPSA) is 114 Å². The van der Waals surface area contributed by atoms with Gasteiger partial charge in [0.05, 0.1) is 11.9 Å². The van der Waals surface area contributed by atoms with Crippen molar-refractivity contribution in [1.29, 1.82) is 5.26 Å². The van der Waals surface area contributed by atoms with Crippen LogP contribution in [0, 0.1) is 11.3 Å². The molecule has 1 aromatic heterocycles. The van der Waals surface area contributed by atoms with Crippen molar-refractivity contribution in [2.24, 2.45) is 5.10 Å². The molecular weight excluding hydrogens is 354 g/mol. The molecule has 3 aromatic rings. The Morgan fingerprint density at radius 2 is 2.04 bits per heavy atom. The summed E-state index contributed by atoms with van der Waals surface area (Å²) in [6, 6.07) is 15.2. The van der Waals surface area contributed by atoms with E-state index < -0.39 is 5.56 Å². The standard InChI is InChI=1S/C18H12ClN5O2/c19-15-7-6-13(25)8-12(15)10-21-24-18-22-16(11-4-2-1-3-5-11)14(9-20)17(26)23-18/h1-8,10,25H,(H2,22,23,24,26). The van der Waals surface area contributed by atoms with E-state index in [0.717, 1.165) is 0 Å². The minimum absolute atomic E-state index is 0.0483. The number of nitrogens with zero attached hydrogens (tertiary/aromatic N) is 3. The highest BCUT2D eigenvalue weighted by molar-refractivity contribution is 6.33. The van der Waals surface area contributed by atoms with Crippen LogP contribution in [-0.4, -0.2) is 21.3 Å². The lowest BCUT2D eigenvalue weighted by atomic mass is 10.1. The number of benzene rings is 2. The second-order valence-corrected chi connectivity index (χ2v) is 5.60. The summed E-state index contributed by atoms with van der Waals surface area (Å²) in [5, 5.41) is 23.1. The second-order valence-electron chi connectivity index (χ2n) is 5.19. The van der Waals surface area contributed by atoms with Crippen LogP contribution in [0.5, 0.6) is 5.75 Å². The van der Waals surface area contributed by atoms with Crippen molar-refractivity contribution in [1.82, 2.24) is 9.97 Å². The van der Waals surface area contributed by atoms with Gasteiger partial charge < -0.3 is 5.11 Å². The monoisotopic (exact) mass is 365 g/mol. The molecular formula is C18H12ClN5O2. The van der Waals surface area contributed by atoms with Crippen molar-refractivity contribution in [3.8, 4) is 23.1 Å². The van der Waals surface area contributed by atoms with Crippen LogP contribution in [-0.2, 0) is 0 Å². The van der Waals surface area contributed by atoms with Crippen molar-refractivity contribution in [2.45, 2.75) is 0 Å². The number of rotatable bonds is 4. The Balaban J connectivity index is 1.93. The highest BCUT2D eigenvalue weighted by Gasteiger charge is 2.12. The maximum Gasteiger partial charge on any atom is 0.270 e. The number of anilines is 1. The predicted molar refractivity (Wildman–Crippen MR) is 99.3 cm³/mol. The molecule has 0 saturated carbocycles. The number of nitriles is 1. The van der Waals surface area contributed by atoms with E-state index >= 15 is 0 Å². The van der Waals surface area contributed by atoms with E-state index in [0.29, 0.717) is 16.1 Å². The van der Waals surface area contributed by atoms with Gasteiger partial charge in [0, 0.05) is 16.1 Å². The third-order valence-corrected chi connectivity index (χ3v) is 3.78. The normalized spacial score (nSPS) is 10.6. The van der Waals surface area contributed by atoms with Crippen molar-refractivity contribution >= 4 is 23.8 Å². The third-order valence-electron chi connectivity index (χ3n) is 3.43. The summed E-state index contributed by atoms with van der Waals surface area (Å²) in [6.45, 7) is 0. The van der Waals surface area contributed by atoms with Crippen LogP contribution in [0.1, 0.15) is 11.1 Å². The van der Waals surface area contributed by atoms with Gasteiger partial charge >= 0.3 is 0 Å². The van der Waals surface area contributed by atoms with Gasteiger partial charge in [-0.15, -0.1) is 0 Å². The summed E-state index contributed by atoms with van der Waals surface area (Å²) in [5.41, 5.74) is 3.32. The number of halogens is 1. The van der Waals surface area contributed by atoms with Crippen LogP contribution >= 0.6 is 11.6 Å². The second kappa shape index (κ2) is 7.51. The average molecular weight is 366 g/mol. The van der Waals surface area contributed by atoms with Gasteiger partial charge in [-0.3, -0.25) is 9.78 Å². The molecule has 8 heteroatoms. The number of aromatic hydroxyl groups is 1. The molecule has 0 saturated heterocycles. The molecule has 2 aromatic carbocycles. The number of H-pyrrole nitrogens is 1. The Hall–Kier alpha value is -3.63. The molecule has 0 amide bonds. The SMILES string of the molecule is N#Cc1c(-c2ccccc2)nc(NN=Cc2cc(O)ccc2Cl)[nH]c1=O. The minimum atomic E-state index is -0.575. The van der Waals surface area contributed by atoms with Crippen LogP contribution in [0.3, 0.4) is 0 Å². The molecule has 3 rings (SSSR count). The molecule has 1 heterocycles. The number of phenols is 1. The number of phenolic OH excluding ortho intramolecular Hbond substituents is 1. The summed E-state index contributed by atoms with van der Waals surface area (Å²) in [6.07, 6.45) is 1.38. The van der Waals surface area contributed by atoms with Gasteiger partial charge in [-0.2, -0.15) is 10.4 Å². The Morgan fingerprint density at radius 1 is 1.27 bits per heavy atom. The molecule has 0 aliphatic rings. The number of hydrogen-bond acceptors (Lipinski definition) is 6. The first-order chi connectivity index (χ1) is 12.6. The number of aromatic nitrogens is 2. The van der Waals surface area contributed by atoms with Crippen LogP contribution in [0.25, 0.3) is 11.3 Å². The largest absolute Gasteiger partial charge is 0.508 e. The van der Waals surface area contributed by atoms with E-state index in [4.69, 9.17) is 11.6 Å². The first-order valence-electron chi connectivity index (χ1n) is 7.46. The first kappa shape index (κ1) is 17.2. The lowest BCUT2D eigenvalue weighted by Gasteiger charge is -2.06. The maximum absolute atomic E-state index is 12.1. The van der Waals surface area contributed by atoms with Crippen LogP contribution < -0.4 is 11.0 Å². The number of hydrogen-bond donors (Lipinski definition) is 3. The highest BCUT2D eigenvalue weighted by atomic mass is 35.5. The predicted octanol–water partition coefficient (Wildman–Crippen LogP) is 3.11. The highest BCUT2D eigenvalue weighted by Crippen LogP contribution is 2.20. The molecule has 0 aliphatic heterocycles. The molecule has 0 bridgehead atoms. The Morgan fingerprint density at radius 3 is 2.77 bits per heavy atom. The van der Waals surface area contributed by atoms with Gasteiger partial charge in [0.15, 0.2) is 0 Å². The summed E-state index contributed by atoms with van der Waals surface area (Å²) in [4.78, 5) is 18.8. The first-order valence-corrected chi connectivity index (χ1v) is 7.83. The molecule has 0 unspecified atom stereocenters. The van der Waals surface area contributed by atoms with Gasteiger partial charge in [-0.25, -0.2) is 10.4 Å². The molecule has 0 spiro atoms. The summed E-state index contributed by atoms with van der Waals surface area (Å²) >= 11 is 6.01. The summed E-state index contributed by atoms with van der Waals surface area (Å²) < 4.78 is 0. The third kappa shape index (κ3) is 3.71. The van der Waals surface area contributed by atoms with Crippen molar-refractivity contribution in [3.63, 3.8) is 0 Å². The fourth-order valence-corrected chi connectivity index (χ4v) is 2.39. The van der Waals surface area contributed by atoms with Gasteiger partial charge in [0.1, 0.15) is 17.4 Å². The molecule has 128 valence electrons. The van der Waals surface area contributed by atoms with E-state index in [1.807, 2.05) is 12.1 Å². The van der Waals surface area contributed by atoms with E-state index in [1.54, 1.807) is 24.3 Å². The summed E-state index contributed by atoms with van der Waals surface area (Å²) in [5.74, 6) is 0.118. The van der Waals surface area contributed by atoms with Crippen LogP contribution in [0.2, 0.25) is 5.02 Å². The van der Waals surface area contributed by atoms with Gasteiger partial charge in [-0.05, 0) is 18.2 Å². The minimum Gasteiger partial charge on any atom is -0.508 e. The zero-order valence-corrected chi connectivity index (χ0v) is 14.0. The van der Waals surface area contributed by atoms with E-state index in [9.17, 15) is 15.2 Å². The maximum atomic E-state index is 12.1. The van der Waals surface area contributed by atoms with Crippen LogP contribution in [0.4, 0.5) is 5.95 Å². The number of nitrogens with one attached hydrogen (secondary N) is 2. The zero-order chi connectivity index (χ0) is 18.5. The molecule has 7 nitrogen and oxygen atoms in total. The Bertz CT molecular complexity index is 1070. The molecule has 0 atom stereocenters. The Kier molecular flexibility index (Phi) is 4.97. The zero-order valence-electron chi connectivity index (χ0n) is 13.3. The van der Waals surface area contributed by atoms with Gasteiger partial charge in [-0.1, -0.05) is 41.9 Å². The molecule has 0 radical (unpaired) electrons. The fraction of sp³-hybridized carbons (Fsp3) is 0. The Labute approximate surface area is 153 Å². The fourth-order valence-electron chi connectivity index (χ4n) is 2.23. The van der Waals surface area contributed by atoms with E-state index in [-0.39, 0.29) is 23.0 Å². The van der Waals surface area contributed by atoms with E-state index in [1.165, 1.54) is 24.4 Å². The van der Waals surface area contributed by atoms with Gasteiger partial charge in [0.25, 0.3) is 5.56 Å². The molecule has 0 fully saturated rings. The lowest BCUT2D eigenvalue weighted by molar-refractivity contribution is 0.475. The molecule has 3 N–H and O–H groups in total. The number of aromatic amines is 1. The summed E-state index contributed by atoms with van der Waals surface area (Å²) in [7, 11) is 0. The van der Waals surface area contributed by atoms with Gasteiger partial charge in [0.2, 0.25) is 5.95 Å². The quantitative estimate of drug-likeness (QED) is 0.485. The van der Waals surface area contributed by atoms with E-state index in [2.05, 4.69) is 20.5 Å². The molecule has 26 heavy (non-hydrogen) atoms. The molecule has 0 aliphatic carbocycles. The van der Waals surface area contributed by atoms with Crippen molar-refractivity contribution in [2.75, 3.05) is 5.43 Å². The lowest BCUT2D eigenvalue weighted by Crippen LogP contribution is -2.16. The van der Waals surface area contributed by atoms with Crippen LogP contribution in [0.15, 0.2) is 58.4 Å². The van der Waals surface area contributed by atoms with Crippen molar-refractivity contribution in [3.05, 3.63) is 75.0 Å².